The van der Waals surface area contributed by atoms with Gasteiger partial charge in [0.15, 0.2) is 0 Å². The molecule has 78 valence electrons. The predicted octanol–water partition coefficient (Wildman–Crippen LogP) is 1.84. The van der Waals surface area contributed by atoms with E-state index in [0.29, 0.717) is 5.75 Å². The van der Waals surface area contributed by atoms with E-state index in [1.807, 2.05) is 44.2 Å². The van der Waals surface area contributed by atoms with Crippen molar-refractivity contribution in [2.24, 2.45) is 5.73 Å². The summed E-state index contributed by atoms with van der Waals surface area (Å²) >= 11 is 0. The fourth-order valence-electron chi connectivity index (χ4n) is 1.17. The monoisotopic (exact) mass is 211 g/mol. The van der Waals surface area contributed by atoms with Gasteiger partial charge < -0.3 is 5.73 Å². The van der Waals surface area contributed by atoms with Gasteiger partial charge in [0.05, 0.1) is 0 Å². The van der Waals surface area contributed by atoms with E-state index in [4.69, 9.17) is 5.73 Å². The third kappa shape index (κ3) is 3.24. The van der Waals surface area contributed by atoms with Gasteiger partial charge in [-0.25, -0.2) is 0 Å². The van der Waals surface area contributed by atoms with Gasteiger partial charge in [-0.3, -0.25) is 4.21 Å². The third-order valence-corrected chi connectivity index (χ3v) is 3.84. The van der Waals surface area contributed by atoms with Crippen LogP contribution < -0.4 is 5.73 Å². The van der Waals surface area contributed by atoms with Crippen molar-refractivity contribution >= 4 is 10.8 Å². The first-order valence-electron chi connectivity index (χ1n) is 4.79. The van der Waals surface area contributed by atoms with Crippen LogP contribution in [0.4, 0.5) is 0 Å². The highest BCUT2D eigenvalue weighted by atomic mass is 32.2. The quantitative estimate of drug-likeness (QED) is 0.826. The number of rotatable bonds is 4. The lowest BCUT2D eigenvalue weighted by Gasteiger charge is -2.13. The largest absolute Gasteiger partial charge is 0.323 e. The molecule has 2 atom stereocenters. The van der Waals surface area contributed by atoms with Gasteiger partial charge in [0.2, 0.25) is 0 Å². The molecule has 1 rings (SSSR count). The van der Waals surface area contributed by atoms with Crippen LogP contribution in [0.5, 0.6) is 0 Å². The Kier molecular flexibility index (Phi) is 4.29. The SMILES string of the molecule is CC(C)S(=O)CC(N)c1ccccc1. The summed E-state index contributed by atoms with van der Waals surface area (Å²) in [6.45, 7) is 3.90. The molecule has 0 bridgehead atoms. The van der Waals surface area contributed by atoms with E-state index in [-0.39, 0.29) is 11.3 Å². The van der Waals surface area contributed by atoms with Crippen molar-refractivity contribution < 1.29 is 4.21 Å². The van der Waals surface area contributed by atoms with Gasteiger partial charge in [0.25, 0.3) is 0 Å². The second-order valence-electron chi connectivity index (χ2n) is 3.61. The van der Waals surface area contributed by atoms with Crippen LogP contribution >= 0.6 is 0 Å². The molecule has 0 aliphatic heterocycles. The van der Waals surface area contributed by atoms with Crippen LogP contribution in [0, 0.1) is 0 Å². The minimum atomic E-state index is -0.827. The Morgan fingerprint density at radius 3 is 2.36 bits per heavy atom. The highest BCUT2D eigenvalue weighted by Crippen LogP contribution is 2.12. The van der Waals surface area contributed by atoms with Crippen molar-refractivity contribution in [2.75, 3.05) is 5.75 Å². The Labute approximate surface area is 88.0 Å². The molecule has 1 aromatic carbocycles. The highest BCUT2D eigenvalue weighted by molar-refractivity contribution is 7.85. The molecule has 3 heteroatoms. The van der Waals surface area contributed by atoms with Gasteiger partial charge >= 0.3 is 0 Å². The molecule has 0 spiro atoms. The first-order valence-corrected chi connectivity index (χ1v) is 6.17. The number of nitrogens with two attached hydrogens (primary N) is 1. The fraction of sp³-hybridized carbons (Fsp3) is 0.455. The summed E-state index contributed by atoms with van der Waals surface area (Å²) in [4.78, 5) is 0. The molecule has 2 N–H and O–H groups in total. The molecule has 0 fully saturated rings. The van der Waals surface area contributed by atoms with Crippen LogP contribution in [0.15, 0.2) is 30.3 Å². The Balaban J connectivity index is 2.59. The summed E-state index contributed by atoms with van der Waals surface area (Å²) in [5, 5.41) is 0.185. The lowest BCUT2D eigenvalue weighted by atomic mass is 10.1. The standard InChI is InChI=1S/C11H17NOS/c1-9(2)14(13)8-11(12)10-6-4-3-5-7-10/h3-7,9,11H,8,12H2,1-2H3. The van der Waals surface area contributed by atoms with Gasteiger partial charge in [0, 0.05) is 27.8 Å². The van der Waals surface area contributed by atoms with Crippen LogP contribution in [-0.2, 0) is 10.8 Å². The molecule has 0 saturated carbocycles. The smallest absolute Gasteiger partial charge is 0.0431 e. The van der Waals surface area contributed by atoms with Gasteiger partial charge in [0.1, 0.15) is 0 Å². The second kappa shape index (κ2) is 5.27. The van der Waals surface area contributed by atoms with E-state index in [2.05, 4.69) is 0 Å². The Morgan fingerprint density at radius 1 is 1.29 bits per heavy atom. The van der Waals surface area contributed by atoms with Crippen molar-refractivity contribution in [1.82, 2.24) is 0 Å². The topological polar surface area (TPSA) is 43.1 Å². The van der Waals surface area contributed by atoms with Crippen LogP contribution in [-0.4, -0.2) is 15.2 Å². The van der Waals surface area contributed by atoms with Gasteiger partial charge in [-0.2, -0.15) is 0 Å². The maximum Gasteiger partial charge on any atom is 0.0431 e. The Morgan fingerprint density at radius 2 is 1.86 bits per heavy atom. The van der Waals surface area contributed by atoms with Gasteiger partial charge in [-0.15, -0.1) is 0 Å². The summed E-state index contributed by atoms with van der Waals surface area (Å²) in [7, 11) is -0.827. The molecular weight excluding hydrogens is 194 g/mol. The van der Waals surface area contributed by atoms with E-state index in [9.17, 15) is 4.21 Å². The first kappa shape index (κ1) is 11.4. The molecular formula is C11H17NOS. The van der Waals surface area contributed by atoms with Crippen LogP contribution in [0.3, 0.4) is 0 Å². The number of hydrogen-bond donors (Lipinski definition) is 1. The minimum absolute atomic E-state index is 0.112. The lowest BCUT2D eigenvalue weighted by Crippen LogP contribution is -2.22. The maximum atomic E-state index is 11.6. The van der Waals surface area contributed by atoms with Crippen LogP contribution in [0.2, 0.25) is 0 Å². The van der Waals surface area contributed by atoms with Crippen molar-refractivity contribution in [3.63, 3.8) is 0 Å². The van der Waals surface area contributed by atoms with E-state index >= 15 is 0 Å². The van der Waals surface area contributed by atoms with Crippen LogP contribution in [0.25, 0.3) is 0 Å². The number of hydrogen-bond acceptors (Lipinski definition) is 2. The second-order valence-corrected chi connectivity index (χ2v) is 5.65. The first-order chi connectivity index (χ1) is 6.61. The molecule has 0 radical (unpaired) electrons. The van der Waals surface area contributed by atoms with E-state index < -0.39 is 10.8 Å². The molecule has 0 amide bonds. The molecule has 1 aromatic rings. The molecule has 2 unspecified atom stereocenters. The molecule has 0 heterocycles. The average molecular weight is 211 g/mol. The molecule has 2 nitrogen and oxygen atoms in total. The zero-order chi connectivity index (χ0) is 10.6. The number of benzene rings is 1. The summed E-state index contributed by atoms with van der Waals surface area (Å²) in [6.07, 6.45) is 0. The zero-order valence-corrected chi connectivity index (χ0v) is 9.46. The fourth-order valence-corrected chi connectivity index (χ4v) is 2.10. The van der Waals surface area contributed by atoms with Crippen molar-refractivity contribution in [2.45, 2.75) is 25.1 Å². The van der Waals surface area contributed by atoms with Crippen molar-refractivity contribution in [3.8, 4) is 0 Å². The predicted molar refractivity (Wildman–Crippen MR) is 61.5 cm³/mol. The van der Waals surface area contributed by atoms with E-state index in [1.54, 1.807) is 0 Å². The summed E-state index contributed by atoms with van der Waals surface area (Å²) in [5.41, 5.74) is 7.00. The highest BCUT2D eigenvalue weighted by Gasteiger charge is 2.12. The molecule has 0 saturated heterocycles. The third-order valence-electron chi connectivity index (χ3n) is 2.10. The van der Waals surface area contributed by atoms with Gasteiger partial charge in [-0.1, -0.05) is 44.2 Å². The van der Waals surface area contributed by atoms with Crippen LogP contribution in [0.1, 0.15) is 25.5 Å². The van der Waals surface area contributed by atoms with Crippen molar-refractivity contribution in [3.05, 3.63) is 35.9 Å². The molecule has 14 heavy (non-hydrogen) atoms. The normalized spacial score (nSPS) is 15.4. The Hall–Kier alpha value is -0.670. The molecule has 0 aliphatic rings. The van der Waals surface area contributed by atoms with Gasteiger partial charge in [-0.05, 0) is 5.56 Å². The summed E-state index contributed by atoms with van der Waals surface area (Å²) in [5.74, 6) is 0.543. The van der Waals surface area contributed by atoms with E-state index in [0.717, 1.165) is 5.56 Å². The minimum Gasteiger partial charge on any atom is -0.323 e. The summed E-state index contributed by atoms with van der Waals surface area (Å²) < 4.78 is 11.6. The molecule has 0 aromatic heterocycles. The molecule has 0 aliphatic carbocycles. The van der Waals surface area contributed by atoms with Crippen molar-refractivity contribution in [1.29, 1.82) is 0 Å². The maximum absolute atomic E-state index is 11.6. The average Bonchev–Trinajstić information content (AvgIpc) is 2.19. The van der Waals surface area contributed by atoms with E-state index in [1.165, 1.54) is 0 Å². The zero-order valence-electron chi connectivity index (χ0n) is 8.64. The lowest BCUT2D eigenvalue weighted by molar-refractivity contribution is 0.668. The Bertz CT molecular complexity index is 297. The summed E-state index contributed by atoms with van der Waals surface area (Å²) in [6, 6.07) is 9.69.